The van der Waals surface area contributed by atoms with Gasteiger partial charge in [0.1, 0.15) is 5.56 Å². The Morgan fingerprint density at radius 1 is 1.18 bits per heavy atom. The molecule has 0 radical (unpaired) electrons. The summed E-state index contributed by atoms with van der Waals surface area (Å²) in [6.45, 7) is 0.351. The Balaban J connectivity index is 1.80. The number of hydrogen-bond acceptors (Lipinski definition) is 7. The number of aromatic amines is 1. The average molecular weight is 474 g/mol. The normalized spacial score (nSPS) is 15.4. The molecule has 0 saturated heterocycles. The van der Waals surface area contributed by atoms with E-state index in [4.69, 9.17) is 9.47 Å². The number of carboxylic acids is 1. The van der Waals surface area contributed by atoms with Crippen LogP contribution in [0.15, 0.2) is 32.8 Å². The van der Waals surface area contributed by atoms with Crippen molar-refractivity contribution in [3.63, 3.8) is 0 Å². The standard InChI is InChI=1S/C24H31N3O7/c1-33-18-7-6-16(12-19(18)34-2)8-11-27-22(31)17(21(30)26-23(27)32)14-25-15-24(13-20(28)29)9-4-3-5-10-24/h6-7,12,14,31H,3-5,8-11,13,15H2,1-2H3,(H,28,29)(H,26,30,32). The number of H-pyrrole nitrogens is 1. The van der Waals surface area contributed by atoms with E-state index in [1.165, 1.54) is 20.4 Å². The van der Waals surface area contributed by atoms with Crippen LogP contribution in [0.25, 0.3) is 0 Å². The number of hydrogen-bond donors (Lipinski definition) is 3. The van der Waals surface area contributed by atoms with Gasteiger partial charge in [0.25, 0.3) is 5.56 Å². The Bertz CT molecular complexity index is 1160. The summed E-state index contributed by atoms with van der Waals surface area (Å²) in [5.41, 5.74) is -1.21. The predicted octanol–water partition coefficient (Wildman–Crippen LogP) is 2.35. The van der Waals surface area contributed by atoms with Gasteiger partial charge in [0.05, 0.1) is 20.6 Å². The molecule has 10 heteroatoms. The van der Waals surface area contributed by atoms with Gasteiger partial charge in [0, 0.05) is 24.7 Å². The molecule has 34 heavy (non-hydrogen) atoms. The van der Waals surface area contributed by atoms with Crippen molar-refractivity contribution in [3.8, 4) is 17.4 Å². The summed E-state index contributed by atoms with van der Waals surface area (Å²) in [6, 6.07) is 5.35. The summed E-state index contributed by atoms with van der Waals surface area (Å²) >= 11 is 0. The molecule has 1 aromatic heterocycles. The first-order valence-corrected chi connectivity index (χ1v) is 11.3. The first kappa shape index (κ1) is 25.1. The molecule has 184 valence electrons. The fourth-order valence-corrected chi connectivity index (χ4v) is 4.52. The number of aromatic hydroxyl groups is 1. The third kappa shape index (κ3) is 5.86. The Morgan fingerprint density at radius 3 is 2.53 bits per heavy atom. The molecule has 10 nitrogen and oxygen atoms in total. The maximum absolute atomic E-state index is 12.3. The van der Waals surface area contributed by atoms with Gasteiger partial charge in [-0.15, -0.1) is 0 Å². The van der Waals surface area contributed by atoms with Gasteiger partial charge in [0.2, 0.25) is 5.88 Å². The van der Waals surface area contributed by atoms with Crippen LogP contribution in [0, 0.1) is 5.41 Å². The van der Waals surface area contributed by atoms with E-state index in [1.54, 1.807) is 12.1 Å². The molecule has 3 rings (SSSR count). The van der Waals surface area contributed by atoms with Crippen LogP contribution in [0.5, 0.6) is 17.4 Å². The molecule has 1 fully saturated rings. The lowest BCUT2D eigenvalue weighted by Crippen LogP contribution is -2.33. The van der Waals surface area contributed by atoms with Gasteiger partial charge in [0.15, 0.2) is 11.5 Å². The molecule has 1 saturated carbocycles. The monoisotopic (exact) mass is 473 g/mol. The van der Waals surface area contributed by atoms with Crippen molar-refractivity contribution in [2.24, 2.45) is 10.4 Å². The molecule has 2 aromatic rings. The molecule has 0 aliphatic heterocycles. The molecule has 0 atom stereocenters. The molecule has 1 aromatic carbocycles. The SMILES string of the molecule is COc1ccc(CCn2c(O)c(C=NCC3(CC(=O)O)CCCCC3)c(=O)[nH]c2=O)cc1OC. The number of aliphatic carboxylic acids is 1. The van der Waals surface area contributed by atoms with E-state index in [0.29, 0.717) is 17.9 Å². The number of aromatic nitrogens is 2. The fraction of sp³-hybridized carbons (Fsp3) is 0.500. The molecule has 0 spiro atoms. The van der Waals surface area contributed by atoms with Gasteiger partial charge >= 0.3 is 11.7 Å². The number of carbonyl (C=O) groups is 1. The minimum atomic E-state index is -0.874. The number of aliphatic imine (C=N–C) groups is 1. The minimum absolute atomic E-state index is 0.0114. The van der Waals surface area contributed by atoms with E-state index in [2.05, 4.69) is 9.98 Å². The second kappa shape index (κ2) is 11.0. The summed E-state index contributed by atoms with van der Waals surface area (Å²) in [5, 5.41) is 20.0. The number of nitrogens with zero attached hydrogens (tertiary/aromatic N) is 2. The van der Waals surface area contributed by atoms with E-state index >= 15 is 0 Å². The van der Waals surface area contributed by atoms with E-state index < -0.39 is 28.5 Å². The van der Waals surface area contributed by atoms with Gasteiger partial charge in [-0.1, -0.05) is 25.3 Å². The predicted molar refractivity (Wildman–Crippen MR) is 126 cm³/mol. The second-order valence-corrected chi connectivity index (χ2v) is 8.69. The fourth-order valence-electron chi connectivity index (χ4n) is 4.52. The van der Waals surface area contributed by atoms with Crippen molar-refractivity contribution in [2.75, 3.05) is 20.8 Å². The Morgan fingerprint density at radius 2 is 1.88 bits per heavy atom. The van der Waals surface area contributed by atoms with Crippen molar-refractivity contribution >= 4 is 12.2 Å². The van der Waals surface area contributed by atoms with E-state index in [-0.39, 0.29) is 25.1 Å². The maximum Gasteiger partial charge on any atom is 0.331 e. The third-order valence-electron chi connectivity index (χ3n) is 6.37. The van der Waals surface area contributed by atoms with Gasteiger partial charge in [-0.05, 0) is 37.0 Å². The Kier molecular flexibility index (Phi) is 8.14. The Hall–Kier alpha value is -3.56. The quantitative estimate of drug-likeness (QED) is 0.449. The number of ether oxygens (including phenoxy) is 2. The van der Waals surface area contributed by atoms with Gasteiger partial charge in [-0.2, -0.15) is 0 Å². The van der Waals surface area contributed by atoms with E-state index in [9.17, 15) is 24.6 Å². The highest BCUT2D eigenvalue weighted by Crippen LogP contribution is 2.39. The summed E-state index contributed by atoms with van der Waals surface area (Å²) in [6.07, 6.45) is 6.09. The lowest BCUT2D eigenvalue weighted by Gasteiger charge is -2.34. The highest BCUT2D eigenvalue weighted by Gasteiger charge is 2.34. The molecule has 1 heterocycles. The van der Waals surface area contributed by atoms with Gasteiger partial charge < -0.3 is 19.7 Å². The molecule has 0 unspecified atom stereocenters. The number of methoxy groups -OCH3 is 2. The van der Waals surface area contributed by atoms with Crippen LogP contribution in [-0.2, 0) is 17.8 Å². The number of rotatable bonds is 10. The molecule has 0 bridgehead atoms. The molecule has 1 aliphatic rings. The number of aryl methyl sites for hydroxylation is 1. The Labute approximate surface area is 196 Å². The zero-order valence-corrected chi connectivity index (χ0v) is 19.5. The minimum Gasteiger partial charge on any atom is -0.494 e. The largest absolute Gasteiger partial charge is 0.494 e. The highest BCUT2D eigenvalue weighted by molar-refractivity contribution is 5.82. The van der Waals surface area contributed by atoms with Gasteiger partial charge in [-0.3, -0.25) is 24.1 Å². The van der Waals surface area contributed by atoms with Crippen LogP contribution in [0.4, 0.5) is 0 Å². The van der Waals surface area contributed by atoms with Crippen LogP contribution >= 0.6 is 0 Å². The van der Waals surface area contributed by atoms with Crippen molar-refractivity contribution in [1.82, 2.24) is 9.55 Å². The lowest BCUT2D eigenvalue weighted by molar-refractivity contribution is -0.140. The van der Waals surface area contributed by atoms with E-state index in [1.807, 2.05) is 6.07 Å². The van der Waals surface area contributed by atoms with Crippen molar-refractivity contribution in [2.45, 2.75) is 51.5 Å². The highest BCUT2D eigenvalue weighted by atomic mass is 16.5. The lowest BCUT2D eigenvalue weighted by atomic mass is 9.72. The number of carboxylic acid groups (broad SMARTS) is 1. The van der Waals surface area contributed by atoms with Crippen LogP contribution < -0.4 is 20.7 Å². The summed E-state index contributed by atoms with van der Waals surface area (Å²) in [7, 11) is 3.07. The first-order chi connectivity index (χ1) is 16.3. The van der Waals surface area contributed by atoms with Crippen molar-refractivity contribution < 1.29 is 24.5 Å². The topological polar surface area (TPSA) is 143 Å². The zero-order valence-electron chi connectivity index (χ0n) is 19.5. The average Bonchev–Trinajstić information content (AvgIpc) is 2.81. The van der Waals surface area contributed by atoms with Crippen LogP contribution in [0.2, 0.25) is 0 Å². The first-order valence-electron chi connectivity index (χ1n) is 11.3. The second-order valence-electron chi connectivity index (χ2n) is 8.69. The van der Waals surface area contributed by atoms with Crippen molar-refractivity contribution in [1.29, 1.82) is 0 Å². The third-order valence-corrected chi connectivity index (χ3v) is 6.37. The van der Waals surface area contributed by atoms with E-state index in [0.717, 1.165) is 42.2 Å². The number of benzene rings is 1. The molecular formula is C24H31N3O7. The number of nitrogens with one attached hydrogen (secondary N) is 1. The maximum atomic E-state index is 12.3. The van der Waals surface area contributed by atoms with Crippen LogP contribution in [0.1, 0.15) is 49.7 Å². The van der Waals surface area contributed by atoms with Crippen LogP contribution in [-0.4, -0.2) is 52.7 Å². The van der Waals surface area contributed by atoms with Crippen LogP contribution in [0.3, 0.4) is 0 Å². The summed E-state index contributed by atoms with van der Waals surface area (Å²) < 4.78 is 11.6. The van der Waals surface area contributed by atoms with Crippen molar-refractivity contribution in [3.05, 3.63) is 50.2 Å². The summed E-state index contributed by atoms with van der Waals surface area (Å²) in [4.78, 5) is 42.6. The molecular weight excluding hydrogens is 442 g/mol. The molecule has 3 N–H and O–H groups in total. The molecule has 0 amide bonds. The zero-order chi connectivity index (χ0) is 24.7. The summed E-state index contributed by atoms with van der Waals surface area (Å²) in [5.74, 6) is -0.230. The smallest absolute Gasteiger partial charge is 0.331 e. The van der Waals surface area contributed by atoms with Gasteiger partial charge in [-0.25, -0.2) is 4.79 Å². The molecule has 1 aliphatic carbocycles.